The SMILES string of the molecule is Cc1nc(I)c(C)nc1N. The fourth-order valence-electron chi connectivity index (χ4n) is 0.593. The van der Waals surface area contributed by atoms with Gasteiger partial charge in [0.25, 0.3) is 0 Å². The zero-order chi connectivity index (χ0) is 7.72. The van der Waals surface area contributed by atoms with Gasteiger partial charge in [-0.15, -0.1) is 0 Å². The molecule has 0 atom stereocenters. The minimum Gasteiger partial charge on any atom is -0.382 e. The van der Waals surface area contributed by atoms with Gasteiger partial charge in [-0.05, 0) is 36.4 Å². The summed E-state index contributed by atoms with van der Waals surface area (Å²) in [6.45, 7) is 3.74. The lowest BCUT2D eigenvalue weighted by molar-refractivity contribution is 1.04. The van der Waals surface area contributed by atoms with Gasteiger partial charge in [-0.3, -0.25) is 0 Å². The van der Waals surface area contributed by atoms with E-state index in [1.54, 1.807) is 0 Å². The van der Waals surface area contributed by atoms with Crippen LogP contribution in [0.5, 0.6) is 0 Å². The number of hydrogen-bond acceptors (Lipinski definition) is 3. The first kappa shape index (κ1) is 7.71. The topological polar surface area (TPSA) is 51.8 Å². The molecule has 10 heavy (non-hydrogen) atoms. The van der Waals surface area contributed by atoms with Gasteiger partial charge in [-0.2, -0.15) is 0 Å². The first-order valence-electron chi connectivity index (χ1n) is 2.87. The van der Waals surface area contributed by atoms with Gasteiger partial charge >= 0.3 is 0 Å². The Bertz CT molecular complexity index is 209. The van der Waals surface area contributed by atoms with E-state index in [4.69, 9.17) is 5.73 Å². The lowest BCUT2D eigenvalue weighted by Gasteiger charge is -2.00. The number of aromatic nitrogens is 2. The van der Waals surface area contributed by atoms with E-state index in [1.165, 1.54) is 0 Å². The van der Waals surface area contributed by atoms with E-state index < -0.39 is 0 Å². The van der Waals surface area contributed by atoms with Gasteiger partial charge in [0.15, 0.2) is 0 Å². The molecular formula is C6H8IN3. The van der Waals surface area contributed by atoms with Crippen LogP contribution in [0.1, 0.15) is 11.4 Å². The maximum absolute atomic E-state index is 5.51. The highest BCUT2D eigenvalue weighted by Gasteiger charge is 2.00. The molecule has 0 unspecified atom stereocenters. The molecule has 54 valence electrons. The van der Waals surface area contributed by atoms with Crippen LogP contribution >= 0.6 is 22.6 Å². The fraction of sp³-hybridized carbons (Fsp3) is 0.333. The quantitative estimate of drug-likeness (QED) is 0.704. The third-order valence-corrected chi connectivity index (χ3v) is 2.25. The van der Waals surface area contributed by atoms with Crippen molar-refractivity contribution in [2.75, 3.05) is 5.73 Å². The molecule has 1 aromatic rings. The van der Waals surface area contributed by atoms with Crippen LogP contribution in [0.25, 0.3) is 0 Å². The minimum absolute atomic E-state index is 0.526. The molecule has 1 rings (SSSR count). The summed E-state index contributed by atoms with van der Waals surface area (Å²) >= 11 is 2.14. The van der Waals surface area contributed by atoms with Gasteiger partial charge < -0.3 is 5.73 Å². The van der Waals surface area contributed by atoms with Crippen molar-refractivity contribution in [2.45, 2.75) is 13.8 Å². The van der Waals surface area contributed by atoms with Crippen LogP contribution in [-0.4, -0.2) is 9.97 Å². The summed E-state index contributed by atoms with van der Waals surface area (Å²) in [4.78, 5) is 8.25. The van der Waals surface area contributed by atoms with Crippen LogP contribution in [0.15, 0.2) is 0 Å². The summed E-state index contributed by atoms with van der Waals surface area (Å²) in [5.74, 6) is 0.526. The highest BCUT2D eigenvalue weighted by molar-refractivity contribution is 14.1. The van der Waals surface area contributed by atoms with E-state index in [9.17, 15) is 0 Å². The Morgan fingerprint density at radius 2 is 1.80 bits per heavy atom. The zero-order valence-corrected chi connectivity index (χ0v) is 8.01. The van der Waals surface area contributed by atoms with Gasteiger partial charge in [0.2, 0.25) is 0 Å². The summed E-state index contributed by atoms with van der Waals surface area (Å²) in [6, 6.07) is 0. The lowest BCUT2D eigenvalue weighted by atomic mass is 10.4. The first-order valence-corrected chi connectivity index (χ1v) is 3.95. The van der Waals surface area contributed by atoms with Crippen LogP contribution in [0, 0.1) is 17.5 Å². The third-order valence-electron chi connectivity index (χ3n) is 1.22. The average molecular weight is 249 g/mol. The fourth-order valence-corrected chi connectivity index (χ4v) is 1.08. The molecule has 0 aliphatic rings. The molecule has 0 aliphatic heterocycles. The van der Waals surface area contributed by atoms with Crippen molar-refractivity contribution in [2.24, 2.45) is 0 Å². The van der Waals surface area contributed by atoms with Crippen molar-refractivity contribution in [1.82, 2.24) is 9.97 Å². The molecule has 0 saturated heterocycles. The van der Waals surface area contributed by atoms with E-state index in [-0.39, 0.29) is 0 Å². The van der Waals surface area contributed by atoms with Gasteiger partial charge in [-0.25, -0.2) is 9.97 Å². The largest absolute Gasteiger partial charge is 0.382 e. The van der Waals surface area contributed by atoms with E-state index in [0.717, 1.165) is 15.1 Å². The smallest absolute Gasteiger partial charge is 0.145 e. The summed E-state index contributed by atoms with van der Waals surface area (Å²) in [5, 5.41) is 0. The van der Waals surface area contributed by atoms with E-state index in [0.29, 0.717) is 5.82 Å². The predicted octanol–water partition coefficient (Wildman–Crippen LogP) is 1.28. The predicted molar refractivity (Wildman–Crippen MR) is 48.6 cm³/mol. The average Bonchev–Trinajstić information content (AvgIpc) is 1.84. The van der Waals surface area contributed by atoms with E-state index in [1.807, 2.05) is 13.8 Å². The number of halogens is 1. The van der Waals surface area contributed by atoms with Crippen molar-refractivity contribution in [1.29, 1.82) is 0 Å². The Hall–Kier alpha value is -0.390. The second-order valence-electron chi connectivity index (χ2n) is 2.07. The molecule has 2 N–H and O–H groups in total. The Morgan fingerprint density at radius 3 is 2.30 bits per heavy atom. The molecular weight excluding hydrogens is 241 g/mol. The Labute approximate surface area is 73.2 Å². The Balaban J connectivity index is 3.28. The van der Waals surface area contributed by atoms with Crippen LogP contribution in [0.3, 0.4) is 0 Å². The number of hydrogen-bond donors (Lipinski definition) is 1. The Morgan fingerprint density at radius 1 is 1.20 bits per heavy atom. The molecule has 0 saturated carbocycles. The molecule has 4 heteroatoms. The molecule has 0 fully saturated rings. The van der Waals surface area contributed by atoms with Gasteiger partial charge in [-0.1, -0.05) is 0 Å². The number of rotatable bonds is 0. The molecule has 0 radical (unpaired) electrons. The first-order chi connectivity index (χ1) is 4.61. The normalized spacial score (nSPS) is 9.90. The minimum atomic E-state index is 0.526. The maximum Gasteiger partial charge on any atom is 0.145 e. The number of nitrogens with zero attached hydrogens (tertiary/aromatic N) is 2. The maximum atomic E-state index is 5.51. The molecule has 0 bridgehead atoms. The van der Waals surface area contributed by atoms with Crippen molar-refractivity contribution in [3.8, 4) is 0 Å². The zero-order valence-electron chi connectivity index (χ0n) is 5.85. The number of nitrogen functional groups attached to an aromatic ring is 1. The van der Waals surface area contributed by atoms with Crippen LogP contribution in [0.4, 0.5) is 5.82 Å². The van der Waals surface area contributed by atoms with E-state index in [2.05, 4.69) is 32.6 Å². The van der Waals surface area contributed by atoms with Crippen LogP contribution in [0.2, 0.25) is 0 Å². The van der Waals surface area contributed by atoms with Crippen molar-refractivity contribution in [3.05, 3.63) is 15.1 Å². The molecule has 0 aromatic carbocycles. The molecule has 3 nitrogen and oxygen atoms in total. The highest BCUT2D eigenvalue weighted by Crippen LogP contribution is 2.10. The van der Waals surface area contributed by atoms with Gasteiger partial charge in [0.1, 0.15) is 9.52 Å². The Kier molecular flexibility index (Phi) is 2.08. The number of anilines is 1. The molecule has 0 amide bonds. The molecule has 1 aromatic heterocycles. The lowest BCUT2D eigenvalue weighted by Crippen LogP contribution is -2.01. The summed E-state index contributed by atoms with van der Waals surface area (Å²) in [5.41, 5.74) is 7.21. The van der Waals surface area contributed by atoms with E-state index >= 15 is 0 Å². The summed E-state index contributed by atoms with van der Waals surface area (Å²) in [6.07, 6.45) is 0. The third kappa shape index (κ3) is 1.36. The van der Waals surface area contributed by atoms with Gasteiger partial charge in [0.05, 0.1) is 11.4 Å². The number of nitrogens with two attached hydrogens (primary N) is 1. The van der Waals surface area contributed by atoms with Crippen molar-refractivity contribution < 1.29 is 0 Å². The molecule has 0 aliphatic carbocycles. The van der Waals surface area contributed by atoms with Gasteiger partial charge in [0, 0.05) is 0 Å². The van der Waals surface area contributed by atoms with Crippen LogP contribution < -0.4 is 5.73 Å². The summed E-state index contributed by atoms with van der Waals surface area (Å²) < 4.78 is 0.921. The molecule has 1 heterocycles. The standard InChI is InChI=1S/C6H8IN3/c1-3-5(7)9-4(2)6(8)10-3/h1-2H3,(H2,8,10). The second kappa shape index (κ2) is 2.69. The molecule has 0 spiro atoms. The second-order valence-corrected chi connectivity index (χ2v) is 3.09. The monoisotopic (exact) mass is 249 g/mol. The van der Waals surface area contributed by atoms with Crippen molar-refractivity contribution in [3.63, 3.8) is 0 Å². The number of aryl methyl sites for hydroxylation is 2. The van der Waals surface area contributed by atoms with Crippen molar-refractivity contribution >= 4 is 28.4 Å². The summed E-state index contributed by atoms with van der Waals surface area (Å²) in [7, 11) is 0. The van der Waals surface area contributed by atoms with Crippen LogP contribution in [-0.2, 0) is 0 Å². The highest BCUT2D eigenvalue weighted by atomic mass is 127.